The third-order valence-electron chi connectivity index (χ3n) is 1.22. The minimum atomic E-state index is 0.274. The third-order valence-corrected chi connectivity index (χ3v) is 1.22. The Morgan fingerprint density at radius 1 is 1.86 bits per heavy atom. The first-order valence-corrected chi connectivity index (χ1v) is 2.59. The SMILES string of the molecule is OC[C@H]1C[CH]CN1. The molecular formula is C5H10NO. The van der Waals surface area contributed by atoms with Crippen LogP contribution in [0.4, 0.5) is 0 Å². The van der Waals surface area contributed by atoms with Crippen LogP contribution in [0.1, 0.15) is 6.42 Å². The zero-order chi connectivity index (χ0) is 5.11. The lowest BCUT2D eigenvalue weighted by Gasteiger charge is -2.01. The van der Waals surface area contributed by atoms with Gasteiger partial charge in [-0.3, -0.25) is 0 Å². The Morgan fingerprint density at radius 3 is 3.00 bits per heavy atom. The fraction of sp³-hybridized carbons (Fsp3) is 0.800. The Hall–Kier alpha value is -0.0800. The molecular weight excluding hydrogens is 90.1 g/mol. The highest BCUT2D eigenvalue weighted by Crippen LogP contribution is 2.00. The number of hydrogen-bond donors (Lipinski definition) is 2. The molecule has 1 atom stereocenters. The van der Waals surface area contributed by atoms with E-state index in [-0.39, 0.29) is 6.61 Å². The molecule has 0 unspecified atom stereocenters. The van der Waals surface area contributed by atoms with E-state index in [9.17, 15) is 0 Å². The zero-order valence-electron chi connectivity index (χ0n) is 4.22. The van der Waals surface area contributed by atoms with E-state index in [1.54, 1.807) is 0 Å². The summed E-state index contributed by atoms with van der Waals surface area (Å²) in [5.74, 6) is 0. The second-order valence-corrected chi connectivity index (χ2v) is 1.81. The molecule has 0 spiro atoms. The van der Waals surface area contributed by atoms with Crippen molar-refractivity contribution >= 4 is 0 Å². The minimum absolute atomic E-state index is 0.274. The summed E-state index contributed by atoms with van der Waals surface area (Å²) in [5.41, 5.74) is 0. The van der Waals surface area contributed by atoms with Gasteiger partial charge in [-0.05, 0) is 19.4 Å². The highest BCUT2D eigenvalue weighted by atomic mass is 16.3. The molecule has 1 aliphatic rings. The number of hydrogen-bond acceptors (Lipinski definition) is 2. The summed E-state index contributed by atoms with van der Waals surface area (Å²) >= 11 is 0. The summed E-state index contributed by atoms with van der Waals surface area (Å²) in [6.07, 6.45) is 3.16. The average Bonchev–Trinajstić information content (AvgIpc) is 2.14. The molecule has 1 aliphatic heterocycles. The molecule has 0 aromatic heterocycles. The Kier molecular flexibility index (Phi) is 1.65. The molecule has 41 valence electrons. The molecule has 0 aromatic carbocycles. The summed E-state index contributed by atoms with van der Waals surface area (Å²) in [7, 11) is 0. The maximum atomic E-state index is 8.48. The van der Waals surface area contributed by atoms with E-state index in [2.05, 4.69) is 11.7 Å². The third kappa shape index (κ3) is 1.14. The van der Waals surface area contributed by atoms with E-state index in [1.165, 1.54) is 0 Å². The Balaban J connectivity index is 2.14. The number of aliphatic hydroxyl groups is 1. The molecule has 1 radical (unpaired) electrons. The second kappa shape index (κ2) is 2.28. The minimum Gasteiger partial charge on any atom is -0.395 e. The highest BCUT2D eigenvalue weighted by Gasteiger charge is 2.11. The quantitative estimate of drug-likeness (QED) is 0.467. The van der Waals surface area contributed by atoms with Crippen LogP contribution in [0, 0.1) is 6.42 Å². The van der Waals surface area contributed by atoms with Crippen LogP contribution in [0.2, 0.25) is 0 Å². The summed E-state index contributed by atoms with van der Waals surface area (Å²) < 4.78 is 0. The molecule has 0 amide bonds. The standard InChI is InChI=1S/C5H10NO/c7-4-5-2-1-3-6-5/h1,5-7H,2-4H2/t5-/m1/s1. The maximum absolute atomic E-state index is 8.48. The van der Waals surface area contributed by atoms with Gasteiger partial charge in [0.15, 0.2) is 0 Å². The fourth-order valence-corrected chi connectivity index (χ4v) is 0.757. The Morgan fingerprint density at radius 2 is 2.71 bits per heavy atom. The van der Waals surface area contributed by atoms with Crippen LogP contribution in [0.25, 0.3) is 0 Å². The molecule has 0 bridgehead atoms. The van der Waals surface area contributed by atoms with Gasteiger partial charge in [-0.15, -0.1) is 0 Å². The molecule has 0 aliphatic carbocycles. The number of nitrogens with one attached hydrogen (secondary N) is 1. The molecule has 1 fully saturated rings. The zero-order valence-corrected chi connectivity index (χ0v) is 4.22. The van der Waals surface area contributed by atoms with Gasteiger partial charge in [0.1, 0.15) is 0 Å². The second-order valence-electron chi connectivity index (χ2n) is 1.81. The van der Waals surface area contributed by atoms with Crippen molar-refractivity contribution in [2.75, 3.05) is 13.2 Å². The fourth-order valence-electron chi connectivity index (χ4n) is 0.757. The molecule has 1 heterocycles. The normalized spacial score (nSPS) is 31.3. The van der Waals surface area contributed by atoms with Crippen molar-refractivity contribution in [1.29, 1.82) is 0 Å². The first-order chi connectivity index (χ1) is 3.43. The molecule has 2 N–H and O–H groups in total. The average molecular weight is 100 g/mol. The summed E-state index contributed by atoms with van der Waals surface area (Å²) in [6, 6.07) is 0.347. The van der Waals surface area contributed by atoms with E-state index in [0.29, 0.717) is 6.04 Å². The lowest BCUT2D eigenvalue weighted by atomic mass is 10.2. The summed E-state index contributed by atoms with van der Waals surface area (Å²) in [5, 5.41) is 11.6. The topological polar surface area (TPSA) is 32.3 Å². The monoisotopic (exact) mass is 100 g/mol. The van der Waals surface area contributed by atoms with E-state index in [1.807, 2.05) is 0 Å². The van der Waals surface area contributed by atoms with Gasteiger partial charge in [0.25, 0.3) is 0 Å². The van der Waals surface area contributed by atoms with Gasteiger partial charge < -0.3 is 10.4 Å². The molecule has 2 heteroatoms. The van der Waals surface area contributed by atoms with Gasteiger partial charge >= 0.3 is 0 Å². The van der Waals surface area contributed by atoms with Crippen LogP contribution >= 0.6 is 0 Å². The molecule has 1 rings (SSSR count). The van der Waals surface area contributed by atoms with Crippen LogP contribution in [0.3, 0.4) is 0 Å². The van der Waals surface area contributed by atoms with Gasteiger partial charge in [0.05, 0.1) is 6.61 Å². The lowest BCUT2D eigenvalue weighted by molar-refractivity contribution is 0.256. The first kappa shape index (κ1) is 5.06. The van der Waals surface area contributed by atoms with Gasteiger partial charge in [-0.2, -0.15) is 0 Å². The van der Waals surface area contributed by atoms with E-state index in [4.69, 9.17) is 5.11 Å². The Labute approximate surface area is 43.5 Å². The smallest absolute Gasteiger partial charge is 0.0584 e. The van der Waals surface area contributed by atoms with Crippen LogP contribution in [0.5, 0.6) is 0 Å². The molecule has 0 saturated carbocycles. The van der Waals surface area contributed by atoms with Crippen LogP contribution < -0.4 is 5.32 Å². The van der Waals surface area contributed by atoms with Crippen molar-refractivity contribution in [3.63, 3.8) is 0 Å². The lowest BCUT2D eigenvalue weighted by Crippen LogP contribution is -2.24. The molecule has 1 saturated heterocycles. The summed E-state index contributed by atoms with van der Waals surface area (Å²) in [6.45, 7) is 1.24. The van der Waals surface area contributed by atoms with Gasteiger partial charge in [-0.1, -0.05) is 0 Å². The van der Waals surface area contributed by atoms with Gasteiger partial charge in [0.2, 0.25) is 0 Å². The summed E-state index contributed by atoms with van der Waals surface area (Å²) in [4.78, 5) is 0. The van der Waals surface area contributed by atoms with Crippen molar-refractivity contribution in [2.24, 2.45) is 0 Å². The van der Waals surface area contributed by atoms with Crippen LogP contribution in [-0.4, -0.2) is 24.3 Å². The van der Waals surface area contributed by atoms with Crippen LogP contribution in [-0.2, 0) is 0 Å². The first-order valence-electron chi connectivity index (χ1n) is 2.59. The van der Waals surface area contributed by atoms with E-state index < -0.39 is 0 Å². The molecule has 7 heavy (non-hydrogen) atoms. The van der Waals surface area contributed by atoms with Crippen LogP contribution in [0.15, 0.2) is 0 Å². The van der Waals surface area contributed by atoms with Crippen molar-refractivity contribution in [3.8, 4) is 0 Å². The number of rotatable bonds is 1. The predicted molar refractivity (Wildman–Crippen MR) is 27.8 cm³/mol. The van der Waals surface area contributed by atoms with E-state index >= 15 is 0 Å². The Bertz CT molecular complexity index is 50.0. The van der Waals surface area contributed by atoms with Crippen molar-refractivity contribution < 1.29 is 5.11 Å². The molecule has 0 aromatic rings. The maximum Gasteiger partial charge on any atom is 0.0584 e. The van der Waals surface area contributed by atoms with E-state index in [0.717, 1.165) is 13.0 Å². The number of aliphatic hydroxyl groups excluding tert-OH is 1. The largest absolute Gasteiger partial charge is 0.395 e. The predicted octanol–water partition coefficient (Wildman–Crippen LogP) is -0.455. The van der Waals surface area contributed by atoms with Crippen molar-refractivity contribution in [2.45, 2.75) is 12.5 Å². The highest BCUT2D eigenvalue weighted by molar-refractivity contribution is 4.85. The molecule has 2 nitrogen and oxygen atoms in total. The van der Waals surface area contributed by atoms with Crippen molar-refractivity contribution in [3.05, 3.63) is 6.42 Å². The van der Waals surface area contributed by atoms with Crippen molar-refractivity contribution in [1.82, 2.24) is 5.32 Å². The van der Waals surface area contributed by atoms with Gasteiger partial charge in [-0.25, -0.2) is 0 Å². The van der Waals surface area contributed by atoms with Gasteiger partial charge in [0, 0.05) is 6.04 Å².